The van der Waals surface area contributed by atoms with Crippen LogP contribution in [0.4, 0.5) is 0 Å². The SMILES string of the molecule is Oc1ccc(Cl)cc1-c1cncn1-c1cccnc1. The van der Waals surface area contributed by atoms with Crippen molar-refractivity contribution in [1.29, 1.82) is 0 Å². The van der Waals surface area contributed by atoms with Crippen molar-refractivity contribution in [3.05, 3.63) is 60.3 Å². The van der Waals surface area contributed by atoms with Gasteiger partial charge < -0.3 is 5.11 Å². The number of hydrogen-bond donors (Lipinski definition) is 1. The van der Waals surface area contributed by atoms with Gasteiger partial charge in [-0.1, -0.05) is 11.6 Å². The van der Waals surface area contributed by atoms with Gasteiger partial charge in [-0.25, -0.2) is 4.98 Å². The highest BCUT2D eigenvalue weighted by Crippen LogP contribution is 2.32. The number of aromatic nitrogens is 3. The molecular formula is C14H10ClN3O. The molecule has 0 saturated heterocycles. The van der Waals surface area contributed by atoms with E-state index in [2.05, 4.69) is 9.97 Å². The Balaban J connectivity index is 2.18. The van der Waals surface area contributed by atoms with Crippen LogP contribution in [0.1, 0.15) is 0 Å². The van der Waals surface area contributed by atoms with Crippen molar-refractivity contribution in [2.24, 2.45) is 0 Å². The lowest BCUT2D eigenvalue weighted by Gasteiger charge is -2.09. The van der Waals surface area contributed by atoms with E-state index in [1.165, 1.54) is 0 Å². The van der Waals surface area contributed by atoms with E-state index in [1.807, 2.05) is 16.7 Å². The van der Waals surface area contributed by atoms with Gasteiger partial charge in [0, 0.05) is 16.8 Å². The Morgan fingerprint density at radius 2 is 2.00 bits per heavy atom. The molecule has 0 aliphatic rings. The summed E-state index contributed by atoms with van der Waals surface area (Å²) in [6.45, 7) is 0. The van der Waals surface area contributed by atoms with Crippen LogP contribution in [0.15, 0.2) is 55.2 Å². The van der Waals surface area contributed by atoms with Crippen LogP contribution >= 0.6 is 11.6 Å². The maximum Gasteiger partial charge on any atom is 0.125 e. The van der Waals surface area contributed by atoms with E-state index in [4.69, 9.17) is 11.6 Å². The summed E-state index contributed by atoms with van der Waals surface area (Å²) in [7, 11) is 0. The van der Waals surface area contributed by atoms with Crippen molar-refractivity contribution in [2.45, 2.75) is 0 Å². The monoisotopic (exact) mass is 271 g/mol. The molecule has 0 fully saturated rings. The summed E-state index contributed by atoms with van der Waals surface area (Å²) in [6, 6.07) is 8.68. The zero-order valence-electron chi connectivity index (χ0n) is 9.86. The van der Waals surface area contributed by atoms with Crippen LogP contribution in [0.5, 0.6) is 5.75 Å². The highest BCUT2D eigenvalue weighted by atomic mass is 35.5. The highest BCUT2D eigenvalue weighted by molar-refractivity contribution is 6.30. The summed E-state index contributed by atoms with van der Waals surface area (Å²) in [5, 5.41) is 10.5. The maximum atomic E-state index is 9.96. The molecule has 0 amide bonds. The third-order valence-electron chi connectivity index (χ3n) is 2.80. The number of phenolic OH excluding ortho intramolecular Hbond substituents is 1. The predicted molar refractivity (Wildman–Crippen MR) is 73.5 cm³/mol. The average Bonchev–Trinajstić information content (AvgIpc) is 2.91. The van der Waals surface area contributed by atoms with E-state index in [9.17, 15) is 5.11 Å². The van der Waals surface area contributed by atoms with Crippen molar-refractivity contribution in [2.75, 3.05) is 0 Å². The number of benzene rings is 1. The molecule has 0 radical (unpaired) electrons. The van der Waals surface area contributed by atoms with Crippen LogP contribution in [0.25, 0.3) is 16.9 Å². The van der Waals surface area contributed by atoms with Gasteiger partial charge in [0.1, 0.15) is 5.75 Å². The molecular weight excluding hydrogens is 262 g/mol. The van der Waals surface area contributed by atoms with Crippen molar-refractivity contribution in [1.82, 2.24) is 14.5 Å². The molecule has 0 atom stereocenters. The number of nitrogens with zero attached hydrogens (tertiary/aromatic N) is 3. The van der Waals surface area contributed by atoms with Gasteiger partial charge in [0.2, 0.25) is 0 Å². The fourth-order valence-corrected chi connectivity index (χ4v) is 2.08. The molecule has 0 bridgehead atoms. The summed E-state index contributed by atoms with van der Waals surface area (Å²) in [5.41, 5.74) is 2.26. The molecule has 0 saturated carbocycles. The molecule has 4 nitrogen and oxygen atoms in total. The lowest BCUT2D eigenvalue weighted by atomic mass is 10.1. The summed E-state index contributed by atoms with van der Waals surface area (Å²) in [5.74, 6) is 0.162. The minimum absolute atomic E-state index is 0.162. The van der Waals surface area contributed by atoms with Crippen LogP contribution < -0.4 is 0 Å². The Hall–Kier alpha value is -2.33. The molecule has 2 aromatic heterocycles. The third kappa shape index (κ3) is 2.18. The summed E-state index contributed by atoms with van der Waals surface area (Å²) < 4.78 is 1.85. The van der Waals surface area contributed by atoms with Crippen LogP contribution in [-0.2, 0) is 0 Å². The van der Waals surface area contributed by atoms with Crippen molar-refractivity contribution in [3.8, 4) is 22.7 Å². The lowest BCUT2D eigenvalue weighted by molar-refractivity contribution is 0.477. The van der Waals surface area contributed by atoms with Crippen LogP contribution in [-0.4, -0.2) is 19.6 Å². The Morgan fingerprint density at radius 3 is 2.79 bits per heavy atom. The van der Waals surface area contributed by atoms with Crippen molar-refractivity contribution < 1.29 is 5.11 Å². The second-order valence-electron chi connectivity index (χ2n) is 4.02. The maximum absolute atomic E-state index is 9.96. The number of imidazole rings is 1. The molecule has 3 aromatic rings. The first-order chi connectivity index (χ1) is 9.25. The summed E-state index contributed by atoms with van der Waals surface area (Å²) in [6.07, 6.45) is 6.79. The number of halogens is 1. The molecule has 0 aliphatic heterocycles. The van der Waals surface area contributed by atoms with Gasteiger partial charge in [0.05, 0.1) is 30.1 Å². The van der Waals surface area contributed by atoms with Gasteiger partial charge >= 0.3 is 0 Å². The zero-order chi connectivity index (χ0) is 13.2. The number of hydrogen-bond acceptors (Lipinski definition) is 3. The first-order valence-electron chi connectivity index (χ1n) is 5.67. The second kappa shape index (κ2) is 4.74. The van der Waals surface area contributed by atoms with Crippen LogP contribution in [0.2, 0.25) is 5.02 Å². The minimum atomic E-state index is 0.162. The smallest absolute Gasteiger partial charge is 0.125 e. The van der Waals surface area contributed by atoms with Gasteiger partial charge in [-0.2, -0.15) is 0 Å². The van der Waals surface area contributed by atoms with Crippen molar-refractivity contribution in [3.63, 3.8) is 0 Å². The molecule has 19 heavy (non-hydrogen) atoms. The molecule has 2 heterocycles. The van der Waals surface area contributed by atoms with Crippen LogP contribution in [0.3, 0.4) is 0 Å². The van der Waals surface area contributed by atoms with Gasteiger partial charge in [-0.15, -0.1) is 0 Å². The molecule has 1 aromatic carbocycles. The van der Waals surface area contributed by atoms with E-state index in [-0.39, 0.29) is 5.75 Å². The lowest BCUT2D eigenvalue weighted by Crippen LogP contribution is -1.95. The summed E-state index contributed by atoms with van der Waals surface area (Å²) >= 11 is 5.98. The minimum Gasteiger partial charge on any atom is -0.507 e. The summed E-state index contributed by atoms with van der Waals surface area (Å²) in [4.78, 5) is 8.20. The second-order valence-corrected chi connectivity index (χ2v) is 4.46. The van der Waals surface area contributed by atoms with Gasteiger partial charge in [-0.05, 0) is 30.3 Å². The van der Waals surface area contributed by atoms with E-state index in [1.54, 1.807) is 43.1 Å². The molecule has 0 spiro atoms. The van der Waals surface area contributed by atoms with Gasteiger partial charge in [0.25, 0.3) is 0 Å². The third-order valence-corrected chi connectivity index (χ3v) is 3.03. The molecule has 94 valence electrons. The van der Waals surface area contributed by atoms with Gasteiger partial charge in [0.15, 0.2) is 0 Å². The van der Waals surface area contributed by atoms with Crippen LogP contribution in [0, 0.1) is 0 Å². The van der Waals surface area contributed by atoms with E-state index in [0.717, 1.165) is 11.4 Å². The van der Waals surface area contributed by atoms with E-state index in [0.29, 0.717) is 10.6 Å². The number of aromatic hydroxyl groups is 1. The normalized spacial score (nSPS) is 10.6. The number of phenols is 1. The van der Waals surface area contributed by atoms with E-state index >= 15 is 0 Å². The number of rotatable bonds is 2. The zero-order valence-corrected chi connectivity index (χ0v) is 10.6. The Kier molecular flexibility index (Phi) is 2.93. The molecule has 3 rings (SSSR count). The quantitative estimate of drug-likeness (QED) is 0.778. The Labute approximate surface area is 115 Å². The Morgan fingerprint density at radius 1 is 1.11 bits per heavy atom. The van der Waals surface area contributed by atoms with Gasteiger partial charge in [-0.3, -0.25) is 9.55 Å². The largest absolute Gasteiger partial charge is 0.507 e. The molecule has 0 unspecified atom stereocenters. The fraction of sp³-hybridized carbons (Fsp3) is 0. The molecule has 0 aliphatic carbocycles. The average molecular weight is 272 g/mol. The topological polar surface area (TPSA) is 50.9 Å². The molecule has 1 N–H and O–H groups in total. The Bertz CT molecular complexity index is 710. The van der Waals surface area contributed by atoms with E-state index < -0.39 is 0 Å². The number of pyridine rings is 1. The standard InChI is InChI=1S/C14H10ClN3O/c15-10-3-4-14(19)12(6-10)13-8-17-9-18(13)11-2-1-5-16-7-11/h1-9,19H. The first kappa shape index (κ1) is 11.7. The predicted octanol–water partition coefficient (Wildman–Crippen LogP) is 3.29. The fourth-order valence-electron chi connectivity index (χ4n) is 1.91. The highest BCUT2D eigenvalue weighted by Gasteiger charge is 2.11. The molecule has 5 heteroatoms. The first-order valence-corrected chi connectivity index (χ1v) is 6.05. The van der Waals surface area contributed by atoms with Crippen molar-refractivity contribution >= 4 is 11.6 Å².